The zero-order chi connectivity index (χ0) is 15.2. The Morgan fingerprint density at radius 2 is 2.14 bits per heavy atom. The van der Waals surface area contributed by atoms with Crippen LogP contribution >= 0.6 is 11.8 Å². The van der Waals surface area contributed by atoms with Crippen molar-refractivity contribution >= 4 is 22.8 Å². The van der Waals surface area contributed by atoms with Crippen molar-refractivity contribution in [2.24, 2.45) is 5.92 Å². The molecule has 21 heavy (non-hydrogen) atoms. The summed E-state index contributed by atoms with van der Waals surface area (Å²) < 4.78 is 0. The van der Waals surface area contributed by atoms with Gasteiger partial charge in [-0.15, -0.1) is 0 Å². The van der Waals surface area contributed by atoms with E-state index in [1.54, 1.807) is 11.8 Å². The second-order valence-electron chi connectivity index (χ2n) is 5.43. The fraction of sp³-hybridized carbons (Fsp3) is 0.500. The number of hydrogen-bond donors (Lipinski definition) is 1. The number of hydrogen-bond acceptors (Lipinski definition) is 4. The summed E-state index contributed by atoms with van der Waals surface area (Å²) in [4.78, 5) is 24.7. The van der Waals surface area contributed by atoms with Crippen LogP contribution in [0.4, 0.5) is 0 Å². The quantitative estimate of drug-likeness (QED) is 0.875. The first kappa shape index (κ1) is 16.0. The molecular weight excluding hydrogens is 286 g/mol. The van der Waals surface area contributed by atoms with Gasteiger partial charge in [0, 0.05) is 32.2 Å². The fourth-order valence-electron chi connectivity index (χ4n) is 2.54. The van der Waals surface area contributed by atoms with Gasteiger partial charge in [-0.05, 0) is 17.9 Å². The molecule has 1 amide bonds. The number of nitrogens with zero attached hydrogens (tertiary/aromatic N) is 1. The van der Waals surface area contributed by atoms with Crippen molar-refractivity contribution in [3.63, 3.8) is 0 Å². The van der Waals surface area contributed by atoms with Crippen molar-refractivity contribution in [1.82, 2.24) is 4.90 Å². The number of aliphatic hydroxyl groups is 1. The van der Waals surface area contributed by atoms with Crippen LogP contribution in [0.25, 0.3) is 0 Å². The normalized spacial score (nSPS) is 19.8. The van der Waals surface area contributed by atoms with E-state index in [4.69, 9.17) is 0 Å². The Bertz CT molecular complexity index is 492. The molecule has 1 aliphatic rings. The van der Waals surface area contributed by atoms with Crippen LogP contribution in [0.15, 0.2) is 30.3 Å². The number of rotatable bonds is 6. The summed E-state index contributed by atoms with van der Waals surface area (Å²) in [6, 6.07) is 9.49. The summed E-state index contributed by atoms with van der Waals surface area (Å²) >= 11 is 1.29. The lowest BCUT2D eigenvalue weighted by atomic mass is 10.1. The van der Waals surface area contributed by atoms with Crippen LogP contribution in [0.2, 0.25) is 0 Å². The minimum atomic E-state index is -0.537. The third-order valence-corrected chi connectivity index (χ3v) is 4.72. The number of carbonyl (C=O) groups excluding carboxylic acids is 2. The fourth-order valence-corrected chi connectivity index (χ4v) is 3.23. The number of benzene rings is 1. The maximum atomic E-state index is 11.9. The standard InChI is InChI=1S/C16H21NO3S/c1-12(18)21-11-13-9-16(20)17(10-13)8-7-15(19)14-5-3-2-4-6-14/h2-6,13,15,19H,7-11H2,1H3. The first-order chi connectivity index (χ1) is 10.1. The Labute approximate surface area is 129 Å². The molecule has 1 aromatic rings. The van der Waals surface area contributed by atoms with Crippen LogP contribution < -0.4 is 0 Å². The first-order valence-corrected chi connectivity index (χ1v) is 8.19. The molecule has 1 aliphatic heterocycles. The highest BCUT2D eigenvalue weighted by atomic mass is 32.2. The zero-order valence-electron chi connectivity index (χ0n) is 12.2. The van der Waals surface area contributed by atoms with Gasteiger partial charge in [-0.2, -0.15) is 0 Å². The summed E-state index contributed by atoms with van der Waals surface area (Å²) in [5, 5.41) is 10.2. The molecule has 1 aromatic carbocycles. The molecule has 0 saturated carbocycles. The molecule has 1 saturated heterocycles. The summed E-state index contributed by atoms with van der Waals surface area (Å²) in [5.74, 6) is 1.09. The number of aliphatic hydroxyl groups excluding tert-OH is 1. The number of thioether (sulfide) groups is 1. The van der Waals surface area contributed by atoms with Crippen LogP contribution in [0.1, 0.15) is 31.4 Å². The predicted octanol–water partition coefficient (Wildman–Crippen LogP) is 2.24. The molecule has 2 unspecified atom stereocenters. The molecule has 0 bridgehead atoms. The molecule has 2 rings (SSSR count). The van der Waals surface area contributed by atoms with Gasteiger partial charge in [0.25, 0.3) is 0 Å². The second-order valence-corrected chi connectivity index (χ2v) is 6.62. The largest absolute Gasteiger partial charge is 0.388 e. The van der Waals surface area contributed by atoms with Crippen molar-refractivity contribution in [2.45, 2.75) is 25.9 Å². The summed E-state index contributed by atoms with van der Waals surface area (Å²) in [6.07, 6.45) is 0.522. The van der Waals surface area contributed by atoms with Crippen LogP contribution in [-0.4, -0.2) is 39.9 Å². The molecule has 0 spiro atoms. The Hall–Kier alpha value is -1.33. The predicted molar refractivity (Wildman–Crippen MR) is 83.8 cm³/mol. The van der Waals surface area contributed by atoms with Crippen LogP contribution in [0.5, 0.6) is 0 Å². The van der Waals surface area contributed by atoms with Crippen molar-refractivity contribution in [3.8, 4) is 0 Å². The van der Waals surface area contributed by atoms with Crippen molar-refractivity contribution in [1.29, 1.82) is 0 Å². The molecule has 114 valence electrons. The lowest BCUT2D eigenvalue weighted by Gasteiger charge is -2.19. The molecule has 0 radical (unpaired) electrons. The third kappa shape index (κ3) is 4.86. The van der Waals surface area contributed by atoms with Gasteiger partial charge < -0.3 is 10.0 Å². The summed E-state index contributed by atoms with van der Waals surface area (Å²) in [7, 11) is 0. The molecule has 2 atom stereocenters. The number of carbonyl (C=O) groups is 2. The summed E-state index contributed by atoms with van der Waals surface area (Å²) in [5.41, 5.74) is 0.882. The van der Waals surface area contributed by atoms with Crippen molar-refractivity contribution < 1.29 is 14.7 Å². The smallest absolute Gasteiger partial charge is 0.222 e. The lowest BCUT2D eigenvalue weighted by molar-refractivity contribution is -0.128. The van der Waals surface area contributed by atoms with Gasteiger partial charge in [-0.3, -0.25) is 9.59 Å². The number of amides is 1. The second kappa shape index (κ2) is 7.61. The monoisotopic (exact) mass is 307 g/mol. The van der Waals surface area contributed by atoms with Crippen LogP contribution in [0, 0.1) is 5.92 Å². The highest BCUT2D eigenvalue weighted by molar-refractivity contribution is 8.13. The molecule has 1 fully saturated rings. The van der Waals surface area contributed by atoms with Crippen LogP contribution in [-0.2, 0) is 9.59 Å². The van der Waals surface area contributed by atoms with E-state index in [1.807, 2.05) is 30.3 Å². The minimum absolute atomic E-state index is 0.0976. The molecule has 1 heterocycles. The maximum Gasteiger partial charge on any atom is 0.222 e. The highest BCUT2D eigenvalue weighted by Crippen LogP contribution is 2.24. The Kier molecular flexibility index (Phi) is 5.82. The van der Waals surface area contributed by atoms with E-state index in [-0.39, 0.29) is 16.9 Å². The SMILES string of the molecule is CC(=O)SCC1CC(=O)N(CCC(O)c2ccccc2)C1. The Morgan fingerprint density at radius 3 is 2.81 bits per heavy atom. The van der Waals surface area contributed by atoms with E-state index >= 15 is 0 Å². The maximum absolute atomic E-state index is 11.9. The van der Waals surface area contributed by atoms with E-state index in [1.165, 1.54) is 11.8 Å². The summed E-state index contributed by atoms with van der Waals surface area (Å²) in [6.45, 7) is 2.81. The van der Waals surface area contributed by atoms with Crippen LogP contribution in [0.3, 0.4) is 0 Å². The average molecular weight is 307 g/mol. The van der Waals surface area contributed by atoms with Crippen molar-refractivity contribution in [3.05, 3.63) is 35.9 Å². The van der Waals surface area contributed by atoms with Gasteiger partial charge in [0.1, 0.15) is 0 Å². The van der Waals surface area contributed by atoms with Gasteiger partial charge in [0.2, 0.25) is 5.91 Å². The van der Waals surface area contributed by atoms with E-state index in [0.29, 0.717) is 31.7 Å². The number of likely N-dealkylation sites (tertiary alicyclic amines) is 1. The molecular formula is C16H21NO3S. The van der Waals surface area contributed by atoms with Gasteiger partial charge in [0.05, 0.1) is 6.10 Å². The molecule has 1 N–H and O–H groups in total. The van der Waals surface area contributed by atoms with Gasteiger partial charge in [-0.25, -0.2) is 0 Å². The molecule has 5 heteroatoms. The lowest BCUT2D eigenvalue weighted by Crippen LogP contribution is -2.27. The zero-order valence-corrected chi connectivity index (χ0v) is 13.0. The highest BCUT2D eigenvalue weighted by Gasteiger charge is 2.29. The van der Waals surface area contributed by atoms with Gasteiger partial charge in [-0.1, -0.05) is 42.1 Å². The first-order valence-electron chi connectivity index (χ1n) is 7.20. The topological polar surface area (TPSA) is 57.6 Å². The Morgan fingerprint density at radius 1 is 1.43 bits per heavy atom. The molecule has 4 nitrogen and oxygen atoms in total. The van der Waals surface area contributed by atoms with Gasteiger partial charge >= 0.3 is 0 Å². The minimum Gasteiger partial charge on any atom is -0.388 e. The van der Waals surface area contributed by atoms with E-state index in [2.05, 4.69) is 0 Å². The van der Waals surface area contributed by atoms with E-state index < -0.39 is 6.10 Å². The molecule has 0 aliphatic carbocycles. The third-order valence-electron chi connectivity index (χ3n) is 3.67. The Balaban J connectivity index is 1.78. The van der Waals surface area contributed by atoms with E-state index in [9.17, 15) is 14.7 Å². The van der Waals surface area contributed by atoms with Crippen molar-refractivity contribution in [2.75, 3.05) is 18.8 Å². The molecule has 0 aromatic heterocycles. The van der Waals surface area contributed by atoms with E-state index in [0.717, 1.165) is 5.56 Å². The van der Waals surface area contributed by atoms with Gasteiger partial charge in [0.15, 0.2) is 5.12 Å². The average Bonchev–Trinajstić information content (AvgIpc) is 2.84.